The Morgan fingerprint density at radius 1 is 1.47 bits per heavy atom. The quantitative estimate of drug-likeness (QED) is 0.711. The van der Waals surface area contributed by atoms with Crippen LogP contribution in [0.5, 0.6) is 0 Å². The molecule has 0 aromatic heterocycles. The second-order valence-electron chi connectivity index (χ2n) is 5.32. The van der Waals surface area contributed by atoms with Crippen LogP contribution in [0.2, 0.25) is 0 Å². The molecule has 0 aromatic carbocycles. The molecule has 1 unspecified atom stereocenters. The topological polar surface area (TPSA) is 38.3 Å². The van der Waals surface area contributed by atoms with Crippen molar-refractivity contribution in [3.8, 4) is 0 Å². The summed E-state index contributed by atoms with van der Waals surface area (Å²) in [6, 6.07) is 0.498. The number of esters is 1. The van der Waals surface area contributed by atoms with Crippen molar-refractivity contribution in [2.45, 2.75) is 58.6 Å². The Hall–Kier alpha value is -0.570. The van der Waals surface area contributed by atoms with Crippen LogP contribution in [-0.2, 0) is 9.53 Å². The van der Waals surface area contributed by atoms with Crippen molar-refractivity contribution in [3.05, 3.63) is 0 Å². The van der Waals surface area contributed by atoms with Crippen LogP contribution < -0.4 is 5.32 Å². The Morgan fingerprint density at radius 2 is 2.07 bits per heavy atom. The van der Waals surface area contributed by atoms with E-state index in [2.05, 4.69) is 12.2 Å². The van der Waals surface area contributed by atoms with Crippen LogP contribution in [0.3, 0.4) is 0 Å². The fourth-order valence-electron chi connectivity index (χ4n) is 1.73. The first kappa shape index (κ1) is 12.5. The molecule has 0 aliphatic heterocycles. The van der Waals surface area contributed by atoms with Crippen molar-refractivity contribution >= 4 is 5.97 Å². The Kier molecular flexibility index (Phi) is 4.14. The molecule has 1 rings (SSSR count). The first-order valence-electron chi connectivity index (χ1n) is 5.87. The largest absolute Gasteiger partial charge is 0.459 e. The van der Waals surface area contributed by atoms with E-state index in [0.29, 0.717) is 12.6 Å². The number of ether oxygens (including phenoxy) is 1. The molecular weight excluding hydrogens is 190 g/mol. The van der Waals surface area contributed by atoms with Crippen molar-refractivity contribution in [2.24, 2.45) is 5.92 Å². The smallest absolute Gasteiger partial charge is 0.320 e. The summed E-state index contributed by atoms with van der Waals surface area (Å²) < 4.78 is 5.23. The van der Waals surface area contributed by atoms with Gasteiger partial charge >= 0.3 is 5.97 Å². The predicted molar refractivity (Wildman–Crippen MR) is 60.7 cm³/mol. The molecule has 3 nitrogen and oxygen atoms in total. The summed E-state index contributed by atoms with van der Waals surface area (Å²) >= 11 is 0. The first-order chi connectivity index (χ1) is 6.92. The minimum atomic E-state index is -0.375. The standard InChI is InChI=1S/C12H23NO2/c1-5-10(9-6-7-9)13-8-11(14)15-12(2,3)4/h9-10,13H,5-8H2,1-4H3. The van der Waals surface area contributed by atoms with E-state index in [1.165, 1.54) is 12.8 Å². The molecule has 0 spiro atoms. The lowest BCUT2D eigenvalue weighted by Crippen LogP contribution is -2.37. The highest BCUT2D eigenvalue weighted by Gasteiger charge is 2.30. The molecule has 1 fully saturated rings. The molecule has 3 heteroatoms. The van der Waals surface area contributed by atoms with Crippen LogP contribution in [0.25, 0.3) is 0 Å². The van der Waals surface area contributed by atoms with Gasteiger partial charge in [0.1, 0.15) is 5.60 Å². The maximum atomic E-state index is 11.4. The Morgan fingerprint density at radius 3 is 2.47 bits per heavy atom. The number of nitrogens with one attached hydrogen (secondary N) is 1. The normalized spacial score (nSPS) is 18.7. The van der Waals surface area contributed by atoms with Gasteiger partial charge in [-0.3, -0.25) is 4.79 Å². The number of rotatable bonds is 5. The maximum Gasteiger partial charge on any atom is 0.320 e. The van der Waals surface area contributed by atoms with Crippen molar-refractivity contribution in [1.82, 2.24) is 5.32 Å². The number of carbonyl (C=O) groups excluding carboxylic acids is 1. The molecule has 0 aromatic rings. The summed E-state index contributed by atoms with van der Waals surface area (Å²) in [6.45, 7) is 8.17. The summed E-state index contributed by atoms with van der Waals surface area (Å²) in [5.41, 5.74) is -0.375. The Labute approximate surface area is 92.6 Å². The van der Waals surface area contributed by atoms with Gasteiger partial charge in [-0.25, -0.2) is 0 Å². The lowest BCUT2D eigenvalue weighted by atomic mass is 10.1. The fourth-order valence-corrected chi connectivity index (χ4v) is 1.73. The zero-order valence-electron chi connectivity index (χ0n) is 10.3. The highest BCUT2D eigenvalue weighted by molar-refractivity contribution is 5.72. The molecule has 1 aliphatic rings. The minimum absolute atomic E-state index is 0.151. The molecule has 0 bridgehead atoms. The van der Waals surface area contributed by atoms with E-state index in [1.807, 2.05) is 20.8 Å². The van der Waals surface area contributed by atoms with Crippen LogP contribution >= 0.6 is 0 Å². The average Bonchev–Trinajstić information content (AvgIpc) is 2.85. The molecule has 0 amide bonds. The van der Waals surface area contributed by atoms with E-state index in [0.717, 1.165) is 12.3 Å². The predicted octanol–water partition coefficient (Wildman–Crippen LogP) is 2.11. The zero-order chi connectivity index (χ0) is 11.5. The summed E-state index contributed by atoms with van der Waals surface area (Å²) in [7, 11) is 0. The third-order valence-corrected chi connectivity index (χ3v) is 2.56. The summed E-state index contributed by atoms with van der Waals surface area (Å²) in [4.78, 5) is 11.4. The third-order valence-electron chi connectivity index (χ3n) is 2.56. The lowest BCUT2D eigenvalue weighted by Gasteiger charge is -2.21. The SMILES string of the molecule is CCC(NCC(=O)OC(C)(C)C)C1CC1. The molecule has 0 radical (unpaired) electrons. The summed E-state index contributed by atoms with van der Waals surface area (Å²) in [5, 5.41) is 3.28. The highest BCUT2D eigenvalue weighted by Crippen LogP contribution is 2.33. The van der Waals surface area contributed by atoms with E-state index < -0.39 is 0 Å². The van der Waals surface area contributed by atoms with Gasteiger partial charge in [0, 0.05) is 6.04 Å². The van der Waals surface area contributed by atoms with Gasteiger partial charge in [0.25, 0.3) is 0 Å². The molecular formula is C12H23NO2. The number of carbonyl (C=O) groups is 1. The third kappa shape index (κ3) is 5.17. The van der Waals surface area contributed by atoms with Crippen molar-refractivity contribution in [1.29, 1.82) is 0 Å². The van der Waals surface area contributed by atoms with Gasteiger partial charge in [0.15, 0.2) is 0 Å². The van der Waals surface area contributed by atoms with Gasteiger partial charge in [-0.2, -0.15) is 0 Å². The second kappa shape index (κ2) is 4.97. The van der Waals surface area contributed by atoms with Crippen molar-refractivity contribution < 1.29 is 9.53 Å². The van der Waals surface area contributed by atoms with Crippen molar-refractivity contribution in [3.63, 3.8) is 0 Å². The van der Waals surface area contributed by atoms with E-state index in [9.17, 15) is 4.79 Å². The minimum Gasteiger partial charge on any atom is -0.459 e. The van der Waals surface area contributed by atoms with Crippen LogP contribution in [-0.4, -0.2) is 24.2 Å². The van der Waals surface area contributed by atoms with E-state index >= 15 is 0 Å². The number of hydrogen-bond acceptors (Lipinski definition) is 3. The molecule has 88 valence electrons. The van der Waals surface area contributed by atoms with E-state index in [4.69, 9.17) is 4.74 Å². The maximum absolute atomic E-state index is 11.4. The van der Waals surface area contributed by atoms with Gasteiger partial charge in [0.2, 0.25) is 0 Å². The molecule has 1 saturated carbocycles. The van der Waals surface area contributed by atoms with Gasteiger partial charge in [-0.15, -0.1) is 0 Å². The fraction of sp³-hybridized carbons (Fsp3) is 0.917. The van der Waals surface area contributed by atoms with Gasteiger partial charge in [0.05, 0.1) is 6.54 Å². The van der Waals surface area contributed by atoms with Crippen molar-refractivity contribution in [2.75, 3.05) is 6.54 Å². The monoisotopic (exact) mass is 213 g/mol. The van der Waals surface area contributed by atoms with Crippen LogP contribution in [0, 0.1) is 5.92 Å². The zero-order valence-corrected chi connectivity index (χ0v) is 10.3. The van der Waals surface area contributed by atoms with Gasteiger partial charge in [-0.1, -0.05) is 6.92 Å². The van der Waals surface area contributed by atoms with Crippen LogP contribution in [0.4, 0.5) is 0 Å². The second-order valence-corrected chi connectivity index (χ2v) is 5.32. The van der Waals surface area contributed by atoms with Gasteiger partial charge in [-0.05, 0) is 46.0 Å². The average molecular weight is 213 g/mol. The Balaban J connectivity index is 2.20. The molecule has 1 aliphatic carbocycles. The summed E-state index contributed by atoms with van der Waals surface area (Å²) in [6.07, 6.45) is 3.70. The molecule has 0 saturated heterocycles. The van der Waals surface area contributed by atoms with Crippen LogP contribution in [0.15, 0.2) is 0 Å². The van der Waals surface area contributed by atoms with Crippen LogP contribution in [0.1, 0.15) is 47.0 Å². The first-order valence-corrected chi connectivity index (χ1v) is 5.87. The molecule has 1 atom stereocenters. The highest BCUT2D eigenvalue weighted by atomic mass is 16.6. The van der Waals surface area contributed by atoms with E-state index in [1.54, 1.807) is 0 Å². The Bertz CT molecular complexity index is 216. The molecule has 1 N–H and O–H groups in total. The summed E-state index contributed by atoms with van der Waals surface area (Å²) in [5.74, 6) is 0.638. The number of hydrogen-bond donors (Lipinski definition) is 1. The molecule has 15 heavy (non-hydrogen) atoms. The lowest BCUT2D eigenvalue weighted by molar-refractivity contribution is -0.153. The van der Waals surface area contributed by atoms with Gasteiger partial charge < -0.3 is 10.1 Å². The van der Waals surface area contributed by atoms with E-state index in [-0.39, 0.29) is 11.6 Å². The molecule has 0 heterocycles.